The van der Waals surface area contributed by atoms with E-state index in [4.69, 9.17) is 28.6 Å². The molecule has 0 radical (unpaired) electrons. The number of carbonyl (C=O) groups excluding carboxylic acids is 2. The van der Waals surface area contributed by atoms with Crippen molar-refractivity contribution in [3.63, 3.8) is 0 Å². The van der Waals surface area contributed by atoms with E-state index in [2.05, 4.69) is 16.2 Å². The van der Waals surface area contributed by atoms with E-state index in [1.807, 2.05) is 49.4 Å². The third-order valence-corrected chi connectivity index (χ3v) is 5.61. The zero-order valence-electron chi connectivity index (χ0n) is 14.7. The largest absolute Gasteiger partial charge is 0.483 e. The highest BCUT2D eigenvalue weighted by atomic mass is 35.5. The Morgan fingerprint density at radius 1 is 1.11 bits per heavy atom. The van der Waals surface area contributed by atoms with Crippen LogP contribution in [0.25, 0.3) is 10.1 Å². The lowest BCUT2D eigenvalue weighted by Crippen LogP contribution is -2.49. The molecule has 2 aromatic carbocycles. The lowest BCUT2D eigenvalue weighted by Gasteiger charge is -2.11. The van der Waals surface area contributed by atoms with Gasteiger partial charge < -0.3 is 4.74 Å². The van der Waals surface area contributed by atoms with Crippen LogP contribution in [0.3, 0.4) is 0 Å². The van der Waals surface area contributed by atoms with Crippen molar-refractivity contribution in [3.8, 4) is 5.75 Å². The maximum atomic E-state index is 12.3. The lowest BCUT2D eigenvalue weighted by atomic mass is 10.2. The van der Waals surface area contributed by atoms with Crippen LogP contribution in [-0.4, -0.2) is 23.5 Å². The summed E-state index contributed by atoms with van der Waals surface area (Å²) in [7, 11) is 0. The Hall–Kier alpha value is -2.68. The van der Waals surface area contributed by atoms with E-state index < -0.39 is 11.8 Å². The van der Waals surface area contributed by atoms with Crippen LogP contribution in [0.1, 0.15) is 15.2 Å². The fourth-order valence-corrected chi connectivity index (χ4v) is 3.96. The molecule has 6 nitrogen and oxygen atoms in total. The maximum absolute atomic E-state index is 12.3. The SMILES string of the molecule is Cc1ccccc1OCC(=O)NC(=S)NNC(=O)c1sc2ccccc2c1Cl. The van der Waals surface area contributed by atoms with E-state index >= 15 is 0 Å². The number of nitrogens with one attached hydrogen (secondary N) is 3. The molecule has 0 saturated heterocycles. The number of thiocarbonyl (C=S) groups is 1. The molecule has 1 aromatic heterocycles. The highest BCUT2D eigenvalue weighted by Gasteiger charge is 2.17. The minimum Gasteiger partial charge on any atom is -0.483 e. The van der Waals surface area contributed by atoms with Crippen LogP contribution < -0.4 is 20.9 Å². The number of para-hydroxylation sites is 1. The molecule has 1 heterocycles. The number of amides is 2. The molecule has 0 atom stereocenters. The summed E-state index contributed by atoms with van der Waals surface area (Å²) in [6.07, 6.45) is 0. The second-order valence-corrected chi connectivity index (χ2v) is 7.59. The molecular weight excluding hydrogens is 418 g/mol. The molecule has 0 saturated carbocycles. The number of carbonyl (C=O) groups is 2. The number of hydrazine groups is 1. The Morgan fingerprint density at radius 3 is 2.57 bits per heavy atom. The van der Waals surface area contributed by atoms with Gasteiger partial charge in [-0.2, -0.15) is 0 Å². The quantitative estimate of drug-likeness (QED) is 0.433. The molecular formula is C19H16ClN3O3S2. The third-order valence-electron chi connectivity index (χ3n) is 3.74. The minimum absolute atomic E-state index is 0.0519. The molecule has 9 heteroatoms. The molecule has 2 amide bonds. The summed E-state index contributed by atoms with van der Waals surface area (Å²) in [6.45, 7) is 1.68. The minimum atomic E-state index is -0.449. The van der Waals surface area contributed by atoms with Gasteiger partial charge in [0.05, 0.1) is 5.02 Å². The molecule has 3 N–H and O–H groups in total. The number of rotatable bonds is 4. The average Bonchev–Trinajstić information content (AvgIpc) is 3.02. The van der Waals surface area contributed by atoms with Crippen LogP contribution in [0.15, 0.2) is 48.5 Å². The molecule has 0 aliphatic carbocycles. The van der Waals surface area contributed by atoms with Crippen molar-refractivity contribution >= 4 is 62.2 Å². The number of benzene rings is 2. The molecule has 0 aliphatic rings. The first-order valence-electron chi connectivity index (χ1n) is 8.21. The van der Waals surface area contributed by atoms with Crippen LogP contribution in [0, 0.1) is 6.92 Å². The van der Waals surface area contributed by atoms with Crippen molar-refractivity contribution in [2.75, 3.05) is 6.61 Å². The first kappa shape index (κ1) is 20.1. The summed E-state index contributed by atoms with van der Waals surface area (Å²) in [5.41, 5.74) is 5.83. The molecule has 3 aromatic rings. The molecule has 28 heavy (non-hydrogen) atoms. The van der Waals surface area contributed by atoms with Gasteiger partial charge in [-0.15, -0.1) is 11.3 Å². The number of ether oxygens (including phenoxy) is 1. The van der Waals surface area contributed by atoms with Gasteiger partial charge in [0.25, 0.3) is 11.8 Å². The summed E-state index contributed by atoms with van der Waals surface area (Å²) >= 11 is 12.5. The standard InChI is InChI=1S/C19H16ClN3O3S2/c1-11-6-2-4-8-13(11)26-10-15(24)21-19(27)23-22-18(25)17-16(20)12-7-3-5-9-14(12)28-17/h2-9H,10H2,1H3,(H,22,25)(H2,21,23,24,27). The number of fused-ring (bicyclic) bond motifs is 1. The second-order valence-electron chi connectivity index (χ2n) is 5.75. The number of thiophene rings is 1. The Labute approximate surface area is 175 Å². The van der Waals surface area contributed by atoms with Gasteiger partial charge in [0, 0.05) is 10.1 Å². The molecule has 0 aliphatic heterocycles. The zero-order valence-corrected chi connectivity index (χ0v) is 17.1. The van der Waals surface area contributed by atoms with Gasteiger partial charge in [0.1, 0.15) is 10.6 Å². The fourth-order valence-electron chi connectivity index (χ4n) is 2.39. The second kappa shape index (κ2) is 9.01. The first-order chi connectivity index (χ1) is 13.5. The molecule has 144 valence electrons. The number of aryl methyl sites for hydroxylation is 1. The van der Waals surface area contributed by atoms with Crippen molar-refractivity contribution in [2.24, 2.45) is 0 Å². The Morgan fingerprint density at radius 2 is 1.82 bits per heavy atom. The van der Waals surface area contributed by atoms with E-state index in [0.717, 1.165) is 15.6 Å². The van der Waals surface area contributed by atoms with Crippen LogP contribution >= 0.6 is 35.2 Å². The normalized spacial score (nSPS) is 10.4. The van der Waals surface area contributed by atoms with Crippen molar-refractivity contribution in [2.45, 2.75) is 6.92 Å². The maximum Gasteiger partial charge on any atom is 0.281 e. The summed E-state index contributed by atoms with van der Waals surface area (Å²) in [6, 6.07) is 14.8. The molecule has 0 spiro atoms. The van der Waals surface area contributed by atoms with Crippen molar-refractivity contribution < 1.29 is 14.3 Å². The van der Waals surface area contributed by atoms with Gasteiger partial charge in [-0.05, 0) is 36.8 Å². The Bertz CT molecular complexity index is 1050. The van der Waals surface area contributed by atoms with Gasteiger partial charge in [0.2, 0.25) is 0 Å². The Kier molecular flexibility index (Phi) is 6.45. The molecule has 0 fully saturated rings. The van der Waals surface area contributed by atoms with Crippen molar-refractivity contribution in [1.82, 2.24) is 16.2 Å². The monoisotopic (exact) mass is 433 g/mol. The van der Waals surface area contributed by atoms with Gasteiger partial charge in [-0.25, -0.2) is 0 Å². The molecule has 0 unspecified atom stereocenters. The summed E-state index contributed by atoms with van der Waals surface area (Å²) < 4.78 is 6.35. The van der Waals surface area contributed by atoms with Gasteiger partial charge >= 0.3 is 0 Å². The zero-order chi connectivity index (χ0) is 20.1. The van der Waals surface area contributed by atoms with E-state index in [9.17, 15) is 9.59 Å². The average molecular weight is 434 g/mol. The van der Waals surface area contributed by atoms with E-state index in [1.165, 1.54) is 11.3 Å². The topological polar surface area (TPSA) is 79.5 Å². The predicted octanol–water partition coefficient (Wildman–Crippen LogP) is 3.58. The van der Waals surface area contributed by atoms with Crippen LogP contribution in [0.2, 0.25) is 5.02 Å². The lowest BCUT2D eigenvalue weighted by molar-refractivity contribution is -0.121. The summed E-state index contributed by atoms with van der Waals surface area (Å²) in [4.78, 5) is 24.6. The van der Waals surface area contributed by atoms with Crippen molar-refractivity contribution in [3.05, 3.63) is 64.0 Å². The molecule has 0 bridgehead atoms. The predicted molar refractivity (Wildman–Crippen MR) is 115 cm³/mol. The highest BCUT2D eigenvalue weighted by molar-refractivity contribution is 7.80. The van der Waals surface area contributed by atoms with Crippen LogP contribution in [0.4, 0.5) is 0 Å². The van der Waals surface area contributed by atoms with Gasteiger partial charge in [-0.1, -0.05) is 48.0 Å². The van der Waals surface area contributed by atoms with Crippen LogP contribution in [-0.2, 0) is 4.79 Å². The number of hydrogen-bond acceptors (Lipinski definition) is 5. The van der Waals surface area contributed by atoms with Gasteiger partial charge in [-0.3, -0.25) is 25.8 Å². The summed E-state index contributed by atoms with van der Waals surface area (Å²) in [5, 5.41) is 3.56. The van der Waals surface area contributed by atoms with Gasteiger partial charge in [0.15, 0.2) is 11.7 Å². The number of hydrogen-bond donors (Lipinski definition) is 3. The number of halogens is 1. The fraction of sp³-hybridized carbons (Fsp3) is 0.105. The third kappa shape index (κ3) is 4.78. The van der Waals surface area contributed by atoms with E-state index in [-0.39, 0.29) is 11.7 Å². The first-order valence-corrected chi connectivity index (χ1v) is 9.81. The van der Waals surface area contributed by atoms with E-state index in [0.29, 0.717) is 15.6 Å². The summed E-state index contributed by atoms with van der Waals surface area (Å²) in [5.74, 6) is -0.280. The van der Waals surface area contributed by atoms with E-state index in [1.54, 1.807) is 6.07 Å². The Balaban J connectivity index is 1.49. The highest BCUT2D eigenvalue weighted by Crippen LogP contribution is 2.34. The van der Waals surface area contributed by atoms with Crippen LogP contribution in [0.5, 0.6) is 5.75 Å². The molecule has 3 rings (SSSR count). The van der Waals surface area contributed by atoms with Crippen molar-refractivity contribution in [1.29, 1.82) is 0 Å². The smallest absolute Gasteiger partial charge is 0.281 e.